The second-order valence-corrected chi connectivity index (χ2v) is 5.15. The Morgan fingerprint density at radius 3 is 2.79 bits per heavy atom. The highest BCUT2D eigenvalue weighted by atomic mass is 35.5. The number of halogens is 1. The molecule has 0 atom stereocenters. The summed E-state index contributed by atoms with van der Waals surface area (Å²) in [5.41, 5.74) is 0.715. The lowest BCUT2D eigenvalue weighted by molar-refractivity contribution is -0.383. The fourth-order valence-corrected chi connectivity index (χ4v) is 2.11. The molecule has 0 bridgehead atoms. The topological polar surface area (TPSA) is 98.0 Å². The maximum atomic E-state index is 11.8. The Balaban J connectivity index is 2.30. The number of amides is 1. The van der Waals surface area contributed by atoms with Crippen LogP contribution in [-0.4, -0.2) is 21.0 Å². The van der Waals surface area contributed by atoms with Gasteiger partial charge in [-0.25, -0.2) is 0 Å². The summed E-state index contributed by atoms with van der Waals surface area (Å²) in [5.74, 6) is -0.585. The molecule has 0 aliphatic rings. The molecule has 0 saturated heterocycles. The Morgan fingerprint density at radius 2 is 2.21 bits per heavy atom. The van der Waals surface area contributed by atoms with Gasteiger partial charge in [-0.1, -0.05) is 17.4 Å². The molecule has 1 aromatic heterocycles. The first-order chi connectivity index (χ1) is 8.97. The standard InChI is InChI=1S/C10H7ClN4O3S/c1-5-2-3-7(15(17)18)6(4-5)12-8(16)9-13-14-10(11)19-9/h2-4H,1H3,(H,12,16). The summed E-state index contributed by atoms with van der Waals surface area (Å²) in [4.78, 5) is 22.1. The van der Waals surface area contributed by atoms with Crippen LogP contribution in [0.15, 0.2) is 18.2 Å². The predicted molar refractivity (Wildman–Crippen MR) is 70.7 cm³/mol. The Kier molecular flexibility index (Phi) is 3.72. The van der Waals surface area contributed by atoms with E-state index in [-0.39, 0.29) is 20.8 Å². The van der Waals surface area contributed by atoms with Crippen LogP contribution in [0.1, 0.15) is 15.4 Å². The number of hydrogen-bond acceptors (Lipinski definition) is 6. The van der Waals surface area contributed by atoms with Gasteiger partial charge >= 0.3 is 0 Å². The monoisotopic (exact) mass is 298 g/mol. The van der Waals surface area contributed by atoms with Crippen LogP contribution in [0.4, 0.5) is 11.4 Å². The molecule has 0 fully saturated rings. The van der Waals surface area contributed by atoms with E-state index in [9.17, 15) is 14.9 Å². The molecular weight excluding hydrogens is 292 g/mol. The first-order valence-corrected chi connectivity index (χ1v) is 6.22. The predicted octanol–water partition coefficient (Wildman–Crippen LogP) is 2.66. The van der Waals surface area contributed by atoms with Crippen LogP contribution in [0.5, 0.6) is 0 Å². The summed E-state index contributed by atoms with van der Waals surface area (Å²) in [6, 6.07) is 4.44. The fraction of sp³-hybridized carbons (Fsp3) is 0.100. The van der Waals surface area contributed by atoms with E-state index in [0.29, 0.717) is 0 Å². The van der Waals surface area contributed by atoms with E-state index >= 15 is 0 Å². The molecule has 1 N–H and O–H groups in total. The quantitative estimate of drug-likeness (QED) is 0.694. The van der Waals surface area contributed by atoms with E-state index in [4.69, 9.17) is 11.6 Å². The molecule has 2 rings (SSSR count). The molecular formula is C10H7ClN4O3S. The van der Waals surface area contributed by atoms with E-state index in [0.717, 1.165) is 16.9 Å². The molecule has 2 aromatic rings. The molecule has 1 amide bonds. The highest BCUT2D eigenvalue weighted by molar-refractivity contribution is 7.17. The first-order valence-electron chi connectivity index (χ1n) is 5.03. The molecule has 9 heteroatoms. The zero-order valence-corrected chi connectivity index (χ0v) is 11.2. The highest BCUT2D eigenvalue weighted by Crippen LogP contribution is 2.26. The van der Waals surface area contributed by atoms with Crippen molar-refractivity contribution in [1.82, 2.24) is 10.2 Å². The van der Waals surface area contributed by atoms with Gasteiger partial charge in [0.25, 0.3) is 11.6 Å². The van der Waals surface area contributed by atoms with E-state index in [1.165, 1.54) is 12.1 Å². The number of anilines is 1. The Morgan fingerprint density at radius 1 is 1.47 bits per heavy atom. The van der Waals surface area contributed by atoms with Crippen molar-refractivity contribution in [3.8, 4) is 0 Å². The molecule has 0 radical (unpaired) electrons. The van der Waals surface area contributed by atoms with Crippen molar-refractivity contribution in [1.29, 1.82) is 0 Å². The minimum absolute atomic E-state index is 0.0424. The van der Waals surface area contributed by atoms with Crippen LogP contribution < -0.4 is 5.32 Å². The van der Waals surface area contributed by atoms with Gasteiger partial charge in [-0.3, -0.25) is 14.9 Å². The third-order valence-corrected chi connectivity index (χ3v) is 3.21. The molecule has 0 spiro atoms. The number of nitrogens with one attached hydrogen (secondary N) is 1. The lowest BCUT2D eigenvalue weighted by Crippen LogP contribution is -2.13. The van der Waals surface area contributed by atoms with Crippen molar-refractivity contribution in [3.63, 3.8) is 0 Å². The van der Waals surface area contributed by atoms with Crippen LogP contribution in [-0.2, 0) is 0 Å². The van der Waals surface area contributed by atoms with Crippen LogP contribution in [0.2, 0.25) is 4.47 Å². The summed E-state index contributed by atoms with van der Waals surface area (Å²) in [5, 5.41) is 20.4. The smallest absolute Gasteiger partial charge is 0.292 e. The molecule has 0 aliphatic carbocycles. The Labute approximate surface area is 116 Å². The largest absolute Gasteiger partial charge is 0.314 e. The van der Waals surface area contributed by atoms with Gasteiger partial charge in [-0.05, 0) is 30.2 Å². The van der Waals surface area contributed by atoms with E-state index in [1.807, 2.05) is 0 Å². The molecule has 1 heterocycles. The first kappa shape index (κ1) is 13.4. The van der Waals surface area contributed by atoms with Crippen molar-refractivity contribution in [2.24, 2.45) is 0 Å². The fourth-order valence-electron chi connectivity index (χ4n) is 1.38. The van der Waals surface area contributed by atoms with Crippen molar-refractivity contribution in [3.05, 3.63) is 43.4 Å². The minimum Gasteiger partial charge on any atom is -0.314 e. The zero-order chi connectivity index (χ0) is 14.0. The van der Waals surface area contributed by atoms with Crippen LogP contribution in [0.3, 0.4) is 0 Å². The summed E-state index contributed by atoms with van der Waals surface area (Å²) in [6.45, 7) is 1.77. The average molecular weight is 299 g/mol. The van der Waals surface area contributed by atoms with Crippen molar-refractivity contribution < 1.29 is 9.72 Å². The number of carbonyl (C=O) groups excluding carboxylic acids is 1. The van der Waals surface area contributed by atoms with Crippen molar-refractivity contribution in [2.75, 3.05) is 5.32 Å². The van der Waals surface area contributed by atoms with E-state index in [1.54, 1.807) is 13.0 Å². The number of rotatable bonds is 3. The molecule has 7 nitrogen and oxygen atoms in total. The summed E-state index contributed by atoms with van der Waals surface area (Å²) >= 11 is 6.47. The third kappa shape index (κ3) is 3.04. The second kappa shape index (κ2) is 5.29. The van der Waals surface area contributed by atoms with Gasteiger partial charge in [0.1, 0.15) is 5.69 Å². The number of carbonyl (C=O) groups is 1. The summed E-state index contributed by atoms with van der Waals surface area (Å²) in [6.07, 6.45) is 0. The third-order valence-electron chi connectivity index (χ3n) is 2.19. The van der Waals surface area contributed by atoms with Crippen LogP contribution in [0, 0.1) is 17.0 Å². The summed E-state index contributed by atoms with van der Waals surface area (Å²) < 4.78 is 0.129. The van der Waals surface area contributed by atoms with Gasteiger partial charge in [0.2, 0.25) is 9.47 Å². The van der Waals surface area contributed by atoms with Crippen molar-refractivity contribution in [2.45, 2.75) is 6.92 Å². The van der Waals surface area contributed by atoms with Crippen LogP contribution >= 0.6 is 22.9 Å². The summed E-state index contributed by atoms with van der Waals surface area (Å²) in [7, 11) is 0. The molecule has 0 saturated carbocycles. The van der Waals surface area contributed by atoms with Gasteiger partial charge in [-0.2, -0.15) is 0 Å². The molecule has 0 unspecified atom stereocenters. The Hall–Kier alpha value is -2.06. The van der Waals surface area contributed by atoms with Gasteiger partial charge in [-0.15, -0.1) is 10.2 Å². The van der Waals surface area contributed by atoms with Gasteiger partial charge in [0, 0.05) is 6.07 Å². The number of nitro groups is 1. The average Bonchev–Trinajstić information content (AvgIpc) is 2.75. The normalized spacial score (nSPS) is 10.2. The van der Waals surface area contributed by atoms with E-state index in [2.05, 4.69) is 15.5 Å². The zero-order valence-electron chi connectivity index (χ0n) is 9.58. The SMILES string of the molecule is Cc1ccc([N+](=O)[O-])c(NC(=O)c2nnc(Cl)s2)c1. The number of aryl methyl sites for hydroxylation is 1. The van der Waals surface area contributed by atoms with Crippen LogP contribution in [0.25, 0.3) is 0 Å². The second-order valence-electron chi connectivity index (χ2n) is 3.59. The lowest BCUT2D eigenvalue weighted by atomic mass is 10.2. The minimum atomic E-state index is -0.585. The van der Waals surface area contributed by atoms with Gasteiger partial charge in [0.05, 0.1) is 4.92 Å². The highest BCUT2D eigenvalue weighted by Gasteiger charge is 2.18. The maximum Gasteiger partial charge on any atom is 0.292 e. The number of benzene rings is 1. The number of aromatic nitrogens is 2. The maximum absolute atomic E-state index is 11.8. The molecule has 0 aliphatic heterocycles. The number of nitro benzene ring substituents is 1. The molecule has 1 aromatic carbocycles. The number of nitrogens with zero attached hydrogens (tertiary/aromatic N) is 3. The Bertz CT molecular complexity index is 658. The van der Waals surface area contributed by atoms with E-state index < -0.39 is 10.8 Å². The van der Waals surface area contributed by atoms with Gasteiger partial charge in [0.15, 0.2) is 0 Å². The van der Waals surface area contributed by atoms with Crippen molar-refractivity contribution >= 4 is 40.2 Å². The lowest BCUT2D eigenvalue weighted by Gasteiger charge is -2.04. The van der Waals surface area contributed by atoms with Gasteiger partial charge < -0.3 is 5.32 Å². The molecule has 19 heavy (non-hydrogen) atoms. The molecule has 98 valence electrons. The number of hydrogen-bond donors (Lipinski definition) is 1.